The zero-order valence-corrected chi connectivity index (χ0v) is 15.4. The van der Waals surface area contributed by atoms with Gasteiger partial charge in [-0.05, 0) is 54.9 Å². The van der Waals surface area contributed by atoms with E-state index >= 15 is 0 Å². The molecular formula is C23H27O3. The minimum Gasteiger partial charge on any atom is -0.292 e. The average Bonchev–Trinajstić information content (AvgIpc) is 2.72. The average molecular weight is 351 g/mol. The Balaban J connectivity index is 1.45. The molecule has 1 aliphatic rings. The molecule has 1 aliphatic carbocycles. The summed E-state index contributed by atoms with van der Waals surface area (Å²) in [7, 11) is 0. The lowest BCUT2D eigenvalue weighted by molar-refractivity contribution is -0.240. The van der Waals surface area contributed by atoms with E-state index in [9.17, 15) is 4.79 Å². The molecule has 3 rings (SSSR count). The summed E-state index contributed by atoms with van der Waals surface area (Å²) >= 11 is 0. The van der Waals surface area contributed by atoms with Crippen LogP contribution in [0.25, 0.3) is 11.1 Å². The highest BCUT2D eigenvalue weighted by molar-refractivity contribution is 5.89. The molecule has 0 amide bonds. The third-order valence-corrected chi connectivity index (χ3v) is 5.09. The molecule has 2 aromatic carbocycles. The van der Waals surface area contributed by atoms with Gasteiger partial charge in [-0.1, -0.05) is 68.7 Å². The number of unbranched alkanes of at least 4 members (excludes halogenated alkanes) is 1. The Morgan fingerprint density at radius 3 is 2.27 bits per heavy atom. The van der Waals surface area contributed by atoms with Crippen LogP contribution >= 0.6 is 0 Å². The van der Waals surface area contributed by atoms with E-state index in [0.29, 0.717) is 5.56 Å². The lowest BCUT2D eigenvalue weighted by Crippen LogP contribution is -2.17. The maximum absolute atomic E-state index is 12.2. The summed E-state index contributed by atoms with van der Waals surface area (Å²) in [5, 5.41) is 0. The van der Waals surface area contributed by atoms with Gasteiger partial charge in [-0.25, -0.2) is 4.79 Å². The smallest absolute Gasteiger partial charge is 0.292 e. The van der Waals surface area contributed by atoms with Crippen LogP contribution in [0.15, 0.2) is 54.6 Å². The van der Waals surface area contributed by atoms with Gasteiger partial charge in [0.1, 0.15) is 6.10 Å². The van der Waals surface area contributed by atoms with Crippen molar-refractivity contribution in [3.8, 4) is 11.1 Å². The van der Waals surface area contributed by atoms with E-state index in [1.807, 2.05) is 42.5 Å². The van der Waals surface area contributed by atoms with Gasteiger partial charge in [0.25, 0.3) is 0 Å². The number of benzene rings is 2. The number of rotatable bonds is 7. The highest BCUT2D eigenvalue weighted by Gasteiger charge is 2.24. The zero-order valence-electron chi connectivity index (χ0n) is 15.4. The minimum atomic E-state index is -0.440. The Labute approximate surface area is 156 Å². The summed E-state index contributed by atoms with van der Waals surface area (Å²) < 4.78 is 0. The molecule has 1 fully saturated rings. The van der Waals surface area contributed by atoms with Crippen LogP contribution in [0.3, 0.4) is 0 Å². The fraction of sp³-hybridized carbons (Fsp3) is 0.391. The maximum Gasteiger partial charge on any atom is 0.373 e. The van der Waals surface area contributed by atoms with Gasteiger partial charge in [-0.2, -0.15) is 4.89 Å². The molecule has 0 aromatic heterocycles. The summed E-state index contributed by atoms with van der Waals surface area (Å²) in [4.78, 5) is 22.6. The first kappa shape index (κ1) is 18.7. The largest absolute Gasteiger partial charge is 0.373 e. The lowest BCUT2D eigenvalue weighted by Gasteiger charge is -2.26. The molecule has 0 spiro atoms. The van der Waals surface area contributed by atoms with Gasteiger partial charge in [0.2, 0.25) is 0 Å². The highest BCUT2D eigenvalue weighted by atomic mass is 17.2. The van der Waals surface area contributed by atoms with Crippen molar-refractivity contribution in [3.63, 3.8) is 0 Å². The number of carbonyl (C=O) groups excluding carboxylic acids is 1. The van der Waals surface area contributed by atoms with Crippen LogP contribution in [-0.2, 0) is 9.78 Å². The standard InChI is InChI=1S/C23H27O3/c1-2-3-7-18-10-16-22(17-11-18)25-26-23(24)21-14-12-20(13-15-21)19-8-5-4-6-9-19/h4-6,8-9,12-15,18H,2-3,7,10-11,16-17H2,1H3. The van der Waals surface area contributed by atoms with Crippen LogP contribution in [0, 0.1) is 12.0 Å². The van der Waals surface area contributed by atoms with E-state index in [1.165, 1.54) is 19.3 Å². The van der Waals surface area contributed by atoms with Crippen molar-refractivity contribution in [2.24, 2.45) is 5.92 Å². The minimum absolute atomic E-state index is 0.440. The van der Waals surface area contributed by atoms with E-state index in [1.54, 1.807) is 12.1 Å². The Hall–Kier alpha value is -2.13. The van der Waals surface area contributed by atoms with Crippen LogP contribution in [0.5, 0.6) is 0 Å². The third-order valence-electron chi connectivity index (χ3n) is 5.09. The molecule has 1 radical (unpaired) electrons. The lowest BCUT2D eigenvalue weighted by atomic mass is 9.84. The molecule has 0 aliphatic heterocycles. The van der Waals surface area contributed by atoms with Gasteiger partial charge in [0, 0.05) is 0 Å². The Kier molecular flexibility index (Phi) is 6.84. The summed E-state index contributed by atoms with van der Waals surface area (Å²) in [5.41, 5.74) is 2.70. The van der Waals surface area contributed by atoms with Gasteiger partial charge >= 0.3 is 5.97 Å². The molecule has 0 bridgehead atoms. The van der Waals surface area contributed by atoms with Gasteiger partial charge in [0.05, 0.1) is 5.56 Å². The van der Waals surface area contributed by atoms with E-state index in [0.717, 1.165) is 48.8 Å². The molecule has 0 N–H and O–H groups in total. The van der Waals surface area contributed by atoms with E-state index in [2.05, 4.69) is 6.92 Å². The van der Waals surface area contributed by atoms with Crippen molar-refractivity contribution in [1.82, 2.24) is 0 Å². The van der Waals surface area contributed by atoms with Crippen LogP contribution < -0.4 is 0 Å². The Morgan fingerprint density at radius 2 is 1.62 bits per heavy atom. The van der Waals surface area contributed by atoms with Gasteiger partial charge < -0.3 is 0 Å². The molecule has 3 nitrogen and oxygen atoms in total. The van der Waals surface area contributed by atoms with Crippen molar-refractivity contribution in [2.45, 2.75) is 51.9 Å². The first-order valence-corrected chi connectivity index (χ1v) is 9.65. The second kappa shape index (κ2) is 9.54. The van der Waals surface area contributed by atoms with E-state index in [-0.39, 0.29) is 0 Å². The van der Waals surface area contributed by atoms with Crippen molar-refractivity contribution in [3.05, 3.63) is 66.3 Å². The number of hydrogen-bond acceptors (Lipinski definition) is 3. The van der Waals surface area contributed by atoms with Crippen molar-refractivity contribution >= 4 is 5.97 Å². The SMILES string of the molecule is CCCCC1CC[C](OOC(=O)c2ccc(-c3ccccc3)cc2)CC1. The summed E-state index contributed by atoms with van der Waals surface area (Å²) in [6, 6.07) is 17.5. The quantitative estimate of drug-likeness (QED) is 0.430. The molecule has 137 valence electrons. The van der Waals surface area contributed by atoms with Crippen LogP contribution in [0.2, 0.25) is 0 Å². The monoisotopic (exact) mass is 351 g/mol. The fourth-order valence-corrected chi connectivity index (χ4v) is 3.44. The highest BCUT2D eigenvalue weighted by Crippen LogP contribution is 2.34. The maximum atomic E-state index is 12.2. The molecule has 3 heteroatoms. The number of hydrogen-bond donors (Lipinski definition) is 0. The predicted octanol–water partition coefficient (Wildman–Crippen LogP) is 6.35. The normalized spacial score (nSPS) is 15.7. The van der Waals surface area contributed by atoms with Crippen LogP contribution in [0.4, 0.5) is 0 Å². The van der Waals surface area contributed by atoms with Crippen molar-refractivity contribution in [2.75, 3.05) is 0 Å². The fourth-order valence-electron chi connectivity index (χ4n) is 3.44. The van der Waals surface area contributed by atoms with E-state index < -0.39 is 5.97 Å². The molecule has 1 saturated carbocycles. The van der Waals surface area contributed by atoms with Crippen molar-refractivity contribution in [1.29, 1.82) is 0 Å². The van der Waals surface area contributed by atoms with Gasteiger partial charge in [0.15, 0.2) is 0 Å². The van der Waals surface area contributed by atoms with Crippen LogP contribution in [-0.4, -0.2) is 5.97 Å². The van der Waals surface area contributed by atoms with Gasteiger partial charge in [-0.3, -0.25) is 4.89 Å². The molecular weight excluding hydrogens is 324 g/mol. The topological polar surface area (TPSA) is 35.5 Å². The van der Waals surface area contributed by atoms with E-state index in [4.69, 9.17) is 9.78 Å². The molecule has 26 heavy (non-hydrogen) atoms. The Morgan fingerprint density at radius 1 is 0.962 bits per heavy atom. The van der Waals surface area contributed by atoms with Gasteiger partial charge in [-0.15, -0.1) is 0 Å². The zero-order chi connectivity index (χ0) is 18.2. The molecule has 0 unspecified atom stereocenters. The summed E-state index contributed by atoms with van der Waals surface area (Å²) in [5.74, 6) is 0.355. The Bertz CT molecular complexity index is 670. The molecule has 0 saturated heterocycles. The molecule has 2 aromatic rings. The van der Waals surface area contributed by atoms with Crippen molar-refractivity contribution < 1.29 is 14.6 Å². The first-order chi connectivity index (χ1) is 12.8. The summed E-state index contributed by atoms with van der Waals surface area (Å²) in [6.07, 6.45) is 8.82. The number of carbonyl (C=O) groups is 1. The second-order valence-corrected chi connectivity index (χ2v) is 7.02. The first-order valence-electron chi connectivity index (χ1n) is 9.65. The molecule has 0 atom stereocenters. The predicted molar refractivity (Wildman–Crippen MR) is 103 cm³/mol. The van der Waals surface area contributed by atoms with Crippen LogP contribution in [0.1, 0.15) is 62.2 Å². The molecule has 0 heterocycles. The second-order valence-electron chi connectivity index (χ2n) is 7.02. The summed E-state index contributed by atoms with van der Waals surface area (Å²) in [6.45, 7) is 2.23. The third kappa shape index (κ3) is 5.18.